The number of hydrogen-bond donors (Lipinski definition) is 6. The van der Waals surface area contributed by atoms with Gasteiger partial charge in [-0.05, 0) is 0 Å². The van der Waals surface area contributed by atoms with Gasteiger partial charge in [0, 0.05) is 0 Å². The molecule has 104 valence electrons. The van der Waals surface area contributed by atoms with E-state index in [9.17, 15) is 9.13 Å². The third-order valence-corrected chi connectivity index (χ3v) is 3.88. The zero-order valence-corrected chi connectivity index (χ0v) is 10.3. The van der Waals surface area contributed by atoms with Gasteiger partial charge in [0.05, 0.1) is 31.8 Å². The van der Waals surface area contributed by atoms with E-state index in [1.54, 1.807) is 0 Å². The van der Waals surface area contributed by atoms with E-state index in [1.165, 1.54) is 0 Å². The molecule has 1 unspecified atom stereocenters. The van der Waals surface area contributed by atoms with Crippen LogP contribution in [-0.2, 0) is 18.0 Å². The largest absolute Gasteiger partial charge is 0.481 e. The molecule has 0 amide bonds. The summed E-state index contributed by atoms with van der Waals surface area (Å²) in [5.74, 6) is 0. The molecule has 0 aliphatic carbocycles. The Kier molecular flexibility index (Phi) is 6.40. The molecule has 12 heteroatoms. The molecule has 1 atom stereocenters. The molecule has 6 N–H and O–H groups in total. The van der Waals surface area contributed by atoms with Gasteiger partial charge in [0.25, 0.3) is 0 Å². The average Bonchev–Trinajstić information content (AvgIpc) is 2.17. The molecule has 0 spiro atoms. The molecule has 0 aromatic heterocycles. The maximum Gasteiger partial charge on any atom is 0.481 e. The van der Waals surface area contributed by atoms with E-state index < -0.39 is 47.5 Å². The predicted octanol–water partition coefficient (Wildman–Crippen LogP) is -1.82. The Morgan fingerprint density at radius 2 is 1.35 bits per heavy atom. The fourth-order valence-electron chi connectivity index (χ4n) is 0.663. The van der Waals surface area contributed by atoms with Crippen LogP contribution in [-0.4, -0.2) is 56.4 Å². The van der Waals surface area contributed by atoms with Gasteiger partial charge >= 0.3 is 15.6 Å². The van der Waals surface area contributed by atoms with E-state index in [0.29, 0.717) is 0 Å². The van der Waals surface area contributed by atoms with Crippen LogP contribution in [0.2, 0.25) is 0 Å². The molecule has 0 saturated heterocycles. The second kappa shape index (κ2) is 6.35. The highest BCUT2D eigenvalue weighted by molar-refractivity contribution is 7.60. The van der Waals surface area contributed by atoms with Gasteiger partial charge in [-0.25, -0.2) is 9.13 Å². The summed E-state index contributed by atoms with van der Waals surface area (Å²) in [7, 11) is -10.3. The normalized spacial score (nSPS) is 16.8. The Morgan fingerprint density at radius 3 is 1.65 bits per heavy atom. The smallest absolute Gasteiger partial charge is 0.396 e. The van der Waals surface area contributed by atoms with Gasteiger partial charge in [-0.1, -0.05) is 0 Å². The van der Waals surface area contributed by atoms with Crippen molar-refractivity contribution in [3.05, 3.63) is 0 Å². The van der Waals surface area contributed by atoms with Crippen LogP contribution in [0.4, 0.5) is 0 Å². The minimum Gasteiger partial charge on any atom is -0.396 e. The molecule has 0 aliphatic rings. The van der Waals surface area contributed by atoms with Crippen LogP contribution in [0.25, 0.3) is 0 Å². The van der Waals surface area contributed by atoms with Crippen molar-refractivity contribution in [1.29, 1.82) is 0 Å². The number of phosphoric acid groups is 2. The molecule has 0 fully saturated rings. The van der Waals surface area contributed by atoms with Crippen molar-refractivity contribution in [2.45, 2.75) is 0 Å². The monoisotopic (exact) mass is 296 g/mol. The minimum absolute atomic E-state index is 0.768. The molecule has 0 rings (SSSR count). The third-order valence-electron chi connectivity index (χ3n) is 1.75. The Bertz CT molecular complexity index is 310. The Morgan fingerprint density at radius 1 is 0.941 bits per heavy atom. The van der Waals surface area contributed by atoms with Gasteiger partial charge in [-0.2, -0.15) is 4.31 Å². The Balaban J connectivity index is 4.54. The van der Waals surface area contributed by atoms with Crippen LogP contribution < -0.4 is 0 Å². The standard InChI is InChI=1S/C5H14O10P2/c6-1-5(2-7,3-8)4-14-17(12,13)15-16(9,10)11/h6-8H,1-4H2,(H,12,13)(H2,9,10,11). The number of aliphatic hydroxyl groups is 3. The van der Waals surface area contributed by atoms with Crippen LogP contribution in [0.15, 0.2) is 0 Å². The van der Waals surface area contributed by atoms with Crippen LogP contribution >= 0.6 is 15.6 Å². The highest BCUT2D eigenvalue weighted by Gasteiger charge is 2.37. The second-order valence-corrected chi connectivity index (χ2v) is 6.12. The van der Waals surface area contributed by atoms with E-state index in [0.717, 1.165) is 0 Å². The first kappa shape index (κ1) is 17.1. The molecule has 0 bridgehead atoms. The number of phosphoric ester groups is 1. The van der Waals surface area contributed by atoms with Gasteiger partial charge in [0.1, 0.15) is 0 Å². The summed E-state index contributed by atoms with van der Waals surface area (Å²) in [5.41, 5.74) is -1.61. The molecule has 0 aromatic carbocycles. The Labute approximate surface area is 96.3 Å². The summed E-state index contributed by atoms with van der Waals surface area (Å²) in [4.78, 5) is 25.4. The van der Waals surface area contributed by atoms with Crippen molar-refractivity contribution >= 4 is 15.6 Å². The molecular weight excluding hydrogens is 282 g/mol. The van der Waals surface area contributed by atoms with Gasteiger partial charge in [0.15, 0.2) is 0 Å². The SMILES string of the molecule is O=P(O)(O)OP(=O)(O)OCC(CO)(CO)CO. The zero-order valence-electron chi connectivity index (χ0n) is 8.54. The maximum atomic E-state index is 11.0. The summed E-state index contributed by atoms with van der Waals surface area (Å²) in [6, 6.07) is 0. The average molecular weight is 296 g/mol. The molecule has 0 radical (unpaired) electrons. The van der Waals surface area contributed by atoms with Crippen molar-refractivity contribution in [1.82, 2.24) is 0 Å². The van der Waals surface area contributed by atoms with Crippen molar-refractivity contribution in [2.75, 3.05) is 26.4 Å². The van der Waals surface area contributed by atoms with E-state index in [1.807, 2.05) is 0 Å². The van der Waals surface area contributed by atoms with Crippen LogP contribution in [0, 0.1) is 5.41 Å². The highest BCUT2D eigenvalue weighted by Crippen LogP contribution is 2.57. The molecular formula is C5H14O10P2. The third kappa shape index (κ3) is 6.58. The van der Waals surface area contributed by atoms with Crippen molar-refractivity contribution < 1.29 is 48.0 Å². The minimum atomic E-state index is -5.22. The summed E-state index contributed by atoms with van der Waals surface area (Å²) in [6.45, 7) is -3.13. The first-order chi connectivity index (χ1) is 7.60. The first-order valence-corrected chi connectivity index (χ1v) is 7.19. The number of rotatable bonds is 8. The number of aliphatic hydroxyl groups excluding tert-OH is 3. The van der Waals surface area contributed by atoms with E-state index in [4.69, 9.17) is 30.0 Å². The highest BCUT2D eigenvalue weighted by atomic mass is 31.3. The quantitative estimate of drug-likeness (QED) is 0.280. The van der Waals surface area contributed by atoms with Crippen LogP contribution in [0.3, 0.4) is 0 Å². The molecule has 0 aromatic rings. The first-order valence-electron chi connectivity index (χ1n) is 4.16. The molecule has 0 heterocycles. The number of hydrogen-bond acceptors (Lipinski definition) is 7. The molecule has 0 saturated carbocycles. The van der Waals surface area contributed by atoms with Gasteiger partial charge in [-0.15, -0.1) is 0 Å². The van der Waals surface area contributed by atoms with Crippen molar-refractivity contribution in [2.24, 2.45) is 5.41 Å². The van der Waals surface area contributed by atoms with Gasteiger partial charge in [-0.3, -0.25) is 4.52 Å². The summed E-state index contributed by atoms with van der Waals surface area (Å²) in [6.07, 6.45) is 0. The molecule has 17 heavy (non-hydrogen) atoms. The lowest BCUT2D eigenvalue weighted by Crippen LogP contribution is -2.38. The second-order valence-electron chi connectivity index (χ2n) is 3.29. The van der Waals surface area contributed by atoms with Crippen LogP contribution in [0.5, 0.6) is 0 Å². The zero-order chi connectivity index (χ0) is 13.7. The fourth-order valence-corrected chi connectivity index (χ4v) is 2.36. The van der Waals surface area contributed by atoms with E-state index in [-0.39, 0.29) is 0 Å². The summed E-state index contributed by atoms with van der Waals surface area (Å²) in [5, 5.41) is 26.5. The van der Waals surface area contributed by atoms with E-state index in [2.05, 4.69) is 8.83 Å². The van der Waals surface area contributed by atoms with Gasteiger partial charge in [0.2, 0.25) is 0 Å². The molecule has 0 aliphatic heterocycles. The lowest BCUT2D eigenvalue weighted by Gasteiger charge is -2.27. The fraction of sp³-hybridized carbons (Fsp3) is 1.00. The van der Waals surface area contributed by atoms with Crippen molar-refractivity contribution in [3.63, 3.8) is 0 Å². The lowest BCUT2D eigenvalue weighted by molar-refractivity contribution is -0.0316. The van der Waals surface area contributed by atoms with E-state index >= 15 is 0 Å². The molecule has 10 nitrogen and oxygen atoms in total. The predicted molar refractivity (Wildman–Crippen MR) is 52.6 cm³/mol. The lowest BCUT2D eigenvalue weighted by atomic mass is 9.93. The summed E-state index contributed by atoms with van der Waals surface area (Å²) < 4.78 is 28.9. The van der Waals surface area contributed by atoms with Gasteiger partial charge < -0.3 is 30.0 Å². The Hall–Kier alpha value is 0.140. The summed E-state index contributed by atoms with van der Waals surface area (Å²) >= 11 is 0. The maximum absolute atomic E-state index is 11.0. The van der Waals surface area contributed by atoms with Crippen LogP contribution in [0.1, 0.15) is 0 Å². The van der Waals surface area contributed by atoms with Crippen molar-refractivity contribution in [3.8, 4) is 0 Å². The topological polar surface area (TPSA) is 174 Å².